The molecule has 0 spiro atoms. The molecule has 8 atom stereocenters. The van der Waals surface area contributed by atoms with Gasteiger partial charge < -0.3 is 10.5 Å². The highest BCUT2D eigenvalue weighted by Crippen LogP contribution is 2.66. The van der Waals surface area contributed by atoms with Crippen molar-refractivity contribution in [1.82, 2.24) is 0 Å². The number of allylic oxidation sites excluding steroid dienone is 1. The molecule has 0 aromatic carbocycles. The Kier molecular flexibility index (Phi) is 6.53. The van der Waals surface area contributed by atoms with E-state index in [1.165, 1.54) is 64.2 Å². The van der Waals surface area contributed by atoms with Gasteiger partial charge in [0.2, 0.25) is 0 Å². The molecule has 0 radical (unpaired) electrons. The summed E-state index contributed by atoms with van der Waals surface area (Å²) in [5.74, 6) is 3.56. The van der Waals surface area contributed by atoms with E-state index in [2.05, 4.69) is 33.8 Å². The molecular weight excluding hydrogens is 354 g/mol. The van der Waals surface area contributed by atoms with Crippen molar-refractivity contribution >= 4 is 0 Å². The second-order valence-electron chi connectivity index (χ2n) is 11.5. The van der Waals surface area contributed by atoms with Gasteiger partial charge in [-0.1, -0.05) is 65.0 Å². The Labute approximate surface area is 180 Å². The maximum Gasteiger partial charge on any atom is 0.0627 e. The molecular formula is C27H47NO. The predicted molar refractivity (Wildman–Crippen MR) is 123 cm³/mol. The molecule has 2 N–H and O–H groups in total. The molecule has 2 unspecified atom stereocenters. The summed E-state index contributed by atoms with van der Waals surface area (Å²) in [6.07, 6.45) is 18.8. The van der Waals surface area contributed by atoms with Crippen LogP contribution in [-0.2, 0) is 4.74 Å². The van der Waals surface area contributed by atoms with Gasteiger partial charge in [-0.25, -0.2) is 0 Å². The van der Waals surface area contributed by atoms with Gasteiger partial charge >= 0.3 is 0 Å². The SMILES string of the molecule is CCCCCCOC1CC2=CC[C@H]3[C@@H]4CC[C@H](CC)[C@@]4(C)CC[C@@H]3[C@@]2(C)C(N)C1. The molecule has 0 aliphatic heterocycles. The number of hydrogen-bond acceptors (Lipinski definition) is 2. The highest BCUT2D eigenvalue weighted by molar-refractivity contribution is 5.28. The van der Waals surface area contributed by atoms with E-state index in [0.29, 0.717) is 11.5 Å². The van der Waals surface area contributed by atoms with Crippen LogP contribution >= 0.6 is 0 Å². The molecule has 4 aliphatic carbocycles. The maximum absolute atomic E-state index is 6.98. The topological polar surface area (TPSA) is 35.2 Å². The van der Waals surface area contributed by atoms with E-state index in [9.17, 15) is 0 Å². The second-order valence-corrected chi connectivity index (χ2v) is 11.5. The second kappa shape index (κ2) is 8.65. The van der Waals surface area contributed by atoms with E-state index >= 15 is 0 Å². The minimum atomic E-state index is 0.219. The van der Waals surface area contributed by atoms with E-state index < -0.39 is 0 Å². The van der Waals surface area contributed by atoms with Crippen LogP contribution in [0, 0.1) is 34.5 Å². The summed E-state index contributed by atoms with van der Waals surface area (Å²) in [5.41, 5.74) is 9.45. The molecule has 0 heterocycles. The molecule has 0 amide bonds. The lowest BCUT2D eigenvalue weighted by atomic mass is 9.46. The fourth-order valence-electron chi connectivity index (χ4n) is 8.46. The van der Waals surface area contributed by atoms with E-state index in [1.54, 1.807) is 5.57 Å². The molecule has 0 saturated heterocycles. The molecule has 4 aliphatic rings. The molecule has 4 rings (SSSR count). The van der Waals surface area contributed by atoms with Gasteiger partial charge in [0.15, 0.2) is 0 Å². The first-order valence-electron chi connectivity index (χ1n) is 13.0. The molecule has 2 nitrogen and oxygen atoms in total. The number of rotatable bonds is 7. The zero-order chi connectivity index (χ0) is 20.6. The third-order valence-corrected chi connectivity index (χ3v) is 10.3. The predicted octanol–water partition coefficient (Wildman–Crippen LogP) is 6.88. The average molecular weight is 402 g/mol. The molecule has 166 valence electrons. The monoisotopic (exact) mass is 401 g/mol. The molecule has 29 heavy (non-hydrogen) atoms. The molecule has 3 fully saturated rings. The third kappa shape index (κ3) is 3.65. The number of unbranched alkanes of at least 4 members (excludes halogenated alkanes) is 3. The lowest BCUT2D eigenvalue weighted by Crippen LogP contribution is -2.58. The highest BCUT2D eigenvalue weighted by Gasteiger charge is 2.59. The average Bonchev–Trinajstić information content (AvgIpc) is 3.05. The van der Waals surface area contributed by atoms with Gasteiger partial charge in [-0.2, -0.15) is 0 Å². The van der Waals surface area contributed by atoms with Gasteiger partial charge in [0, 0.05) is 18.1 Å². The largest absolute Gasteiger partial charge is 0.378 e. The first kappa shape index (κ1) is 21.9. The van der Waals surface area contributed by atoms with E-state index in [4.69, 9.17) is 10.5 Å². The van der Waals surface area contributed by atoms with Crippen molar-refractivity contribution < 1.29 is 4.74 Å². The van der Waals surface area contributed by atoms with Gasteiger partial charge in [0.25, 0.3) is 0 Å². The fraction of sp³-hybridized carbons (Fsp3) is 0.926. The van der Waals surface area contributed by atoms with Gasteiger partial charge in [-0.05, 0) is 80.5 Å². The third-order valence-electron chi connectivity index (χ3n) is 10.3. The normalized spacial score (nSPS) is 46.6. The van der Waals surface area contributed by atoms with E-state index in [1.807, 2.05) is 0 Å². The van der Waals surface area contributed by atoms with Crippen LogP contribution in [0.1, 0.15) is 105 Å². The van der Waals surface area contributed by atoms with Crippen LogP contribution in [0.5, 0.6) is 0 Å². The quantitative estimate of drug-likeness (QED) is 0.373. The standard InChI is InChI=1S/C27H47NO/c1-5-7-8-9-16-29-21-17-20-10-12-22-23-13-11-19(6-2)26(23,3)15-14-24(22)27(20,4)25(28)18-21/h10,19,21-25H,5-9,11-18,28H2,1-4H3/t19-,21?,22-,23-,24-,25?,26+,27-/m0/s1. The van der Waals surface area contributed by atoms with Crippen molar-refractivity contribution in [3.63, 3.8) is 0 Å². The van der Waals surface area contributed by atoms with Crippen LogP contribution < -0.4 is 5.73 Å². The van der Waals surface area contributed by atoms with Crippen LogP contribution in [0.25, 0.3) is 0 Å². The van der Waals surface area contributed by atoms with Crippen LogP contribution in [0.3, 0.4) is 0 Å². The number of hydrogen-bond donors (Lipinski definition) is 1. The molecule has 0 aromatic rings. The van der Waals surface area contributed by atoms with Crippen molar-refractivity contribution in [3.8, 4) is 0 Å². The van der Waals surface area contributed by atoms with Crippen LogP contribution in [-0.4, -0.2) is 18.8 Å². The van der Waals surface area contributed by atoms with Crippen molar-refractivity contribution in [2.45, 2.75) is 117 Å². The zero-order valence-corrected chi connectivity index (χ0v) is 19.7. The zero-order valence-electron chi connectivity index (χ0n) is 19.7. The number of nitrogens with two attached hydrogens (primary N) is 1. The minimum absolute atomic E-state index is 0.219. The van der Waals surface area contributed by atoms with Gasteiger partial charge in [0.05, 0.1) is 6.10 Å². The number of ether oxygens (including phenoxy) is 1. The highest BCUT2D eigenvalue weighted by atomic mass is 16.5. The first-order chi connectivity index (χ1) is 13.9. The van der Waals surface area contributed by atoms with E-state index in [0.717, 1.165) is 43.1 Å². The van der Waals surface area contributed by atoms with Crippen LogP contribution in [0.4, 0.5) is 0 Å². The van der Waals surface area contributed by atoms with Crippen molar-refractivity contribution in [2.24, 2.45) is 40.2 Å². The smallest absolute Gasteiger partial charge is 0.0627 e. The molecule has 3 saturated carbocycles. The lowest BCUT2D eigenvalue weighted by Gasteiger charge is -2.60. The summed E-state index contributed by atoms with van der Waals surface area (Å²) in [7, 11) is 0. The molecule has 0 bridgehead atoms. The van der Waals surface area contributed by atoms with Gasteiger partial charge in [0.1, 0.15) is 0 Å². The Hall–Kier alpha value is -0.340. The minimum Gasteiger partial charge on any atom is -0.378 e. The Morgan fingerprint density at radius 3 is 2.66 bits per heavy atom. The van der Waals surface area contributed by atoms with E-state index in [-0.39, 0.29) is 11.5 Å². The summed E-state index contributed by atoms with van der Waals surface area (Å²) in [5, 5.41) is 0. The van der Waals surface area contributed by atoms with Crippen molar-refractivity contribution in [2.75, 3.05) is 6.61 Å². The Morgan fingerprint density at radius 1 is 1.07 bits per heavy atom. The Bertz CT molecular complexity index is 599. The Morgan fingerprint density at radius 2 is 1.90 bits per heavy atom. The summed E-state index contributed by atoms with van der Waals surface area (Å²) in [6, 6.07) is 0.267. The van der Waals surface area contributed by atoms with Crippen LogP contribution in [0.2, 0.25) is 0 Å². The fourth-order valence-corrected chi connectivity index (χ4v) is 8.46. The summed E-state index contributed by atoms with van der Waals surface area (Å²) < 4.78 is 6.32. The van der Waals surface area contributed by atoms with Crippen molar-refractivity contribution in [1.29, 1.82) is 0 Å². The Balaban J connectivity index is 1.46. The number of fused-ring (bicyclic) bond motifs is 5. The first-order valence-corrected chi connectivity index (χ1v) is 13.0. The lowest BCUT2D eigenvalue weighted by molar-refractivity contribution is -0.0662. The van der Waals surface area contributed by atoms with Gasteiger partial charge in [-0.15, -0.1) is 0 Å². The van der Waals surface area contributed by atoms with Crippen LogP contribution in [0.15, 0.2) is 11.6 Å². The summed E-state index contributed by atoms with van der Waals surface area (Å²) in [6.45, 7) is 10.8. The molecule has 0 aromatic heterocycles. The maximum atomic E-state index is 6.98. The summed E-state index contributed by atoms with van der Waals surface area (Å²) >= 11 is 0. The van der Waals surface area contributed by atoms with Gasteiger partial charge in [-0.3, -0.25) is 0 Å². The van der Waals surface area contributed by atoms with Crippen molar-refractivity contribution in [3.05, 3.63) is 11.6 Å². The molecule has 2 heteroatoms. The summed E-state index contributed by atoms with van der Waals surface area (Å²) in [4.78, 5) is 0.